The van der Waals surface area contributed by atoms with Crippen LogP contribution in [0.1, 0.15) is 70.4 Å². The number of hydrogen-bond acceptors (Lipinski definition) is 4. The molecule has 43 heavy (non-hydrogen) atoms. The number of nitrogens with one attached hydrogen (secondary N) is 1. The van der Waals surface area contributed by atoms with Gasteiger partial charge in [0.05, 0.1) is 18.2 Å². The van der Waals surface area contributed by atoms with Gasteiger partial charge in [-0.25, -0.2) is 0 Å². The number of methoxy groups -OCH3 is 1. The summed E-state index contributed by atoms with van der Waals surface area (Å²) in [6.45, 7) is 4.35. The summed E-state index contributed by atoms with van der Waals surface area (Å²) < 4.78 is 7.92. The molecule has 1 amide bonds. The van der Waals surface area contributed by atoms with E-state index in [1.165, 1.54) is 18.4 Å². The zero-order chi connectivity index (χ0) is 29.9. The second kappa shape index (κ2) is 12.9. The summed E-state index contributed by atoms with van der Waals surface area (Å²) >= 11 is 6.12. The Labute approximate surface area is 259 Å². The van der Waals surface area contributed by atoms with Crippen LogP contribution in [0.5, 0.6) is 5.75 Å². The third-order valence-electron chi connectivity index (χ3n) is 9.28. The van der Waals surface area contributed by atoms with Crippen molar-refractivity contribution in [3.63, 3.8) is 0 Å². The topological polar surface area (TPSA) is 63.6 Å². The van der Waals surface area contributed by atoms with E-state index in [1.807, 2.05) is 54.7 Å². The monoisotopic (exact) mass is 597 g/mol. The molecular weight excluding hydrogens is 558 g/mol. The van der Waals surface area contributed by atoms with Gasteiger partial charge in [-0.3, -0.25) is 14.5 Å². The van der Waals surface area contributed by atoms with Gasteiger partial charge in [0.25, 0.3) is 5.91 Å². The number of ether oxygens (including phenoxy) is 1. The maximum absolute atomic E-state index is 13.4. The standard InChI is InChI=1S/C36H40ClN3O3/c1-24-7-3-8-25(17-24)22-38-36(42)32-23-39(35-31(32)11-5-12-34(35)43-2)15-6-16-40-29-13-14-30(40)19-26(18-29)20-33(41)27-9-4-10-28(37)21-27/h3-5,7-12,17,21,23,26,29-30H,6,13-16,18-20,22H2,1-2H3,(H,38,42)/t26?,29-,30+. The largest absolute Gasteiger partial charge is 0.495 e. The van der Waals surface area contributed by atoms with E-state index >= 15 is 0 Å². The molecule has 3 heterocycles. The molecule has 4 aromatic rings. The van der Waals surface area contributed by atoms with Gasteiger partial charge in [0.2, 0.25) is 0 Å². The van der Waals surface area contributed by atoms with Crippen molar-refractivity contribution in [1.82, 2.24) is 14.8 Å². The van der Waals surface area contributed by atoms with Crippen molar-refractivity contribution >= 4 is 34.2 Å². The Morgan fingerprint density at radius 3 is 2.49 bits per heavy atom. The molecule has 6 nitrogen and oxygen atoms in total. The number of aromatic nitrogens is 1. The first kappa shape index (κ1) is 29.5. The molecule has 7 heteroatoms. The predicted octanol–water partition coefficient (Wildman–Crippen LogP) is 7.45. The van der Waals surface area contributed by atoms with Gasteiger partial charge in [0.1, 0.15) is 5.75 Å². The van der Waals surface area contributed by atoms with Crippen molar-refractivity contribution in [2.45, 2.75) is 70.6 Å². The van der Waals surface area contributed by atoms with E-state index in [-0.39, 0.29) is 11.7 Å². The molecule has 1 N–H and O–H groups in total. The highest BCUT2D eigenvalue weighted by Crippen LogP contribution is 2.40. The number of carbonyl (C=O) groups excluding carboxylic acids is 2. The minimum Gasteiger partial charge on any atom is -0.495 e. The summed E-state index contributed by atoms with van der Waals surface area (Å²) in [7, 11) is 1.68. The average molecular weight is 598 g/mol. The predicted molar refractivity (Wildman–Crippen MR) is 172 cm³/mol. The van der Waals surface area contributed by atoms with E-state index in [0.29, 0.717) is 41.6 Å². The van der Waals surface area contributed by atoms with Crippen molar-refractivity contribution in [1.29, 1.82) is 0 Å². The first-order chi connectivity index (χ1) is 20.9. The van der Waals surface area contributed by atoms with Gasteiger partial charge >= 0.3 is 0 Å². The Bertz CT molecular complexity index is 1620. The fourth-order valence-electron chi connectivity index (χ4n) is 7.33. The SMILES string of the molecule is COc1cccc2c(C(=O)NCc3cccc(C)c3)cn(CCCN3[C@@H]4CC[C@H]3CC(CC(=O)c3cccc(Cl)c3)C4)c12. The number of carbonyl (C=O) groups is 2. The molecule has 0 aliphatic carbocycles. The Kier molecular flexibility index (Phi) is 8.87. The van der Waals surface area contributed by atoms with Crippen LogP contribution in [0, 0.1) is 12.8 Å². The molecule has 0 spiro atoms. The lowest BCUT2D eigenvalue weighted by molar-refractivity contribution is 0.0807. The smallest absolute Gasteiger partial charge is 0.253 e. The number of aryl methyl sites for hydroxylation is 2. The molecule has 224 valence electrons. The number of piperidine rings is 1. The molecule has 2 aliphatic rings. The van der Waals surface area contributed by atoms with E-state index < -0.39 is 0 Å². The van der Waals surface area contributed by atoms with Crippen LogP contribution < -0.4 is 10.1 Å². The van der Waals surface area contributed by atoms with Crippen LogP contribution in [0.4, 0.5) is 0 Å². The molecule has 1 unspecified atom stereocenters. The molecule has 3 aromatic carbocycles. The lowest BCUT2D eigenvalue weighted by Gasteiger charge is -2.39. The first-order valence-electron chi connectivity index (χ1n) is 15.4. The minimum atomic E-state index is -0.0778. The van der Waals surface area contributed by atoms with Crippen LogP contribution >= 0.6 is 11.6 Å². The van der Waals surface area contributed by atoms with Crippen LogP contribution in [0.3, 0.4) is 0 Å². The minimum absolute atomic E-state index is 0.0778. The number of fused-ring (bicyclic) bond motifs is 3. The van der Waals surface area contributed by atoms with Gasteiger partial charge in [-0.1, -0.05) is 65.7 Å². The molecule has 2 aliphatic heterocycles. The van der Waals surface area contributed by atoms with Crippen molar-refractivity contribution in [2.75, 3.05) is 13.7 Å². The highest BCUT2D eigenvalue weighted by molar-refractivity contribution is 6.31. The fraction of sp³-hybridized carbons (Fsp3) is 0.389. The number of ketones is 1. The molecule has 3 atom stereocenters. The van der Waals surface area contributed by atoms with E-state index in [1.54, 1.807) is 13.2 Å². The van der Waals surface area contributed by atoms with Crippen molar-refractivity contribution < 1.29 is 14.3 Å². The van der Waals surface area contributed by atoms with Crippen molar-refractivity contribution in [2.24, 2.45) is 5.92 Å². The number of hydrogen-bond donors (Lipinski definition) is 1. The Balaban J connectivity index is 1.09. The molecule has 2 bridgehead atoms. The molecule has 6 rings (SSSR count). The third-order valence-corrected chi connectivity index (χ3v) is 9.51. The lowest BCUT2D eigenvalue weighted by atomic mass is 9.85. The molecule has 0 radical (unpaired) electrons. The third kappa shape index (κ3) is 6.51. The van der Waals surface area contributed by atoms with Crippen LogP contribution in [-0.4, -0.2) is 46.9 Å². The van der Waals surface area contributed by atoms with Gasteiger partial charge in [-0.15, -0.1) is 0 Å². The maximum atomic E-state index is 13.4. The van der Waals surface area contributed by atoms with Crippen LogP contribution in [0.15, 0.2) is 72.9 Å². The van der Waals surface area contributed by atoms with E-state index in [4.69, 9.17) is 16.3 Å². The number of Topliss-reactive ketones (excluding diaryl/α,β-unsaturated/α-hetero) is 1. The molecule has 0 saturated carbocycles. The Morgan fingerprint density at radius 1 is 0.977 bits per heavy atom. The van der Waals surface area contributed by atoms with Gasteiger partial charge in [-0.05, 0) is 68.7 Å². The summed E-state index contributed by atoms with van der Waals surface area (Å²) in [6, 6.07) is 22.5. The van der Waals surface area contributed by atoms with Crippen LogP contribution in [0.2, 0.25) is 5.02 Å². The van der Waals surface area contributed by atoms with Gasteiger partial charge in [0, 0.05) is 60.3 Å². The maximum Gasteiger partial charge on any atom is 0.253 e. The highest BCUT2D eigenvalue weighted by atomic mass is 35.5. The second-order valence-electron chi connectivity index (χ2n) is 12.2. The number of halogens is 1. The summed E-state index contributed by atoms with van der Waals surface area (Å²) in [5.41, 5.74) is 4.62. The first-order valence-corrected chi connectivity index (χ1v) is 15.8. The number of amides is 1. The fourth-order valence-corrected chi connectivity index (χ4v) is 7.52. The second-order valence-corrected chi connectivity index (χ2v) is 12.7. The normalized spacial score (nSPS) is 19.9. The van der Waals surface area contributed by atoms with Crippen molar-refractivity contribution in [3.05, 3.63) is 100 Å². The number of nitrogens with zero attached hydrogens (tertiary/aromatic N) is 2. The van der Waals surface area contributed by atoms with Crippen molar-refractivity contribution in [3.8, 4) is 5.75 Å². The number of para-hydroxylation sites is 1. The highest BCUT2D eigenvalue weighted by Gasteiger charge is 2.40. The zero-order valence-electron chi connectivity index (χ0n) is 25.0. The van der Waals surface area contributed by atoms with E-state index in [9.17, 15) is 9.59 Å². The average Bonchev–Trinajstić information content (AvgIpc) is 3.49. The summed E-state index contributed by atoms with van der Waals surface area (Å²) in [4.78, 5) is 29.0. The lowest BCUT2D eigenvalue weighted by Crippen LogP contribution is -2.43. The Morgan fingerprint density at radius 2 is 1.74 bits per heavy atom. The number of rotatable bonds is 11. The molecule has 1 aromatic heterocycles. The Hall–Kier alpha value is -3.61. The molecule has 2 fully saturated rings. The summed E-state index contributed by atoms with van der Waals surface area (Å²) in [6.07, 6.45) is 8.14. The van der Waals surface area contributed by atoms with Gasteiger partial charge < -0.3 is 14.6 Å². The van der Waals surface area contributed by atoms with Gasteiger partial charge in [0.15, 0.2) is 5.78 Å². The van der Waals surface area contributed by atoms with Gasteiger partial charge in [-0.2, -0.15) is 0 Å². The number of benzene rings is 3. The van der Waals surface area contributed by atoms with Crippen LogP contribution in [0.25, 0.3) is 10.9 Å². The zero-order valence-corrected chi connectivity index (χ0v) is 25.8. The quantitative estimate of drug-likeness (QED) is 0.182. The summed E-state index contributed by atoms with van der Waals surface area (Å²) in [5, 5.41) is 4.64. The van der Waals surface area contributed by atoms with E-state index in [2.05, 4.69) is 33.8 Å². The molecule has 2 saturated heterocycles. The molecular formula is C36H40ClN3O3. The van der Waals surface area contributed by atoms with Crippen LogP contribution in [-0.2, 0) is 13.1 Å². The van der Waals surface area contributed by atoms with E-state index in [0.717, 1.165) is 60.1 Å². The summed E-state index contributed by atoms with van der Waals surface area (Å²) in [5.74, 6) is 1.33.